The normalized spacial score (nSPS) is 20.8. The maximum atomic E-state index is 12.9. The zero-order valence-electron chi connectivity index (χ0n) is 18.7. The van der Waals surface area contributed by atoms with Gasteiger partial charge in [0.25, 0.3) is 11.8 Å². The quantitative estimate of drug-likeness (QED) is 0.554. The lowest BCUT2D eigenvalue weighted by Gasteiger charge is -2.29. The Balaban J connectivity index is 1.18. The van der Waals surface area contributed by atoms with Gasteiger partial charge in [-0.1, -0.05) is 5.21 Å². The van der Waals surface area contributed by atoms with Crippen molar-refractivity contribution in [2.45, 2.75) is 37.8 Å². The molecule has 1 saturated carbocycles. The Labute approximate surface area is 196 Å². The van der Waals surface area contributed by atoms with Crippen LogP contribution in [-0.2, 0) is 4.74 Å². The number of carbonyl (C=O) groups excluding carboxylic acids is 2. The molecule has 4 heterocycles. The Morgan fingerprint density at radius 1 is 1.12 bits per heavy atom. The Morgan fingerprint density at radius 2 is 1.91 bits per heavy atom. The van der Waals surface area contributed by atoms with Gasteiger partial charge >= 0.3 is 0 Å². The number of anilines is 1. The molecule has 1 aliphatic heterocycles. The summed E-state index contributed by atoms with van der Waals surface area (Å²) in [5.41, 5.74) is 7.68. The topological polar surface area (TPSA) is 137 Å². The maximum absolute atomic E-state index is 12.9. The van der Waals surface area contributed by atoms with Crippen molar-refractivity contribution in [3.8, 4) is 5.88 Å². The highest BCUT2D eigenvalue weighted by molar-refractivity contribution is 5.99. The number of morpholine rings is 1. The van der Waals surface area contributed by atoms with Gasteiger partial charge in [-0.15, -0.1) is 5.10 Å². The summed E-state index contributed by atoms with van der Waals surface area (Å²) in [6.45, 7) is 3.04. The first-order valence-corrected chi connectivity index (χ1v) is 11.5. The monoisotopic (exact) mass is 465 g/mol. The first-order valence-electron chi connectivity index (χ1n) is 11.5. The van der Waals surface area contributed by atoms with Crippen molar-refractivity contribution in [2.24, 2.45) is 5.73 Å². The number of pyridine rings is 2. The highest BCUT2D eigenvalue weighted by Crippen LogP contribution is 2.25. The van der Waals surface area contributed by atoms with Crippen molar-refractivity contribution in [2.75, 3.05) is 31.2 Å². The average molecular weight is 466 g/mol. The minimum Gasteiger partial charge on any atom is -0.474 e. The number of ether oxygens (including phenoxy) is 2. The summed E-state index contributed by atoms with van der Waals surface area (Å²) in [6.07, 6.45) is 6.32. The van der Waals surface area contributed by atoms with Crippen molar-refractivity contribution >= 4 is 23.0 Å². The molecule has 0 bridgehead atoms. The van der Waals surface area contributed by atoms with Gasteiger partial charge in [0.1, 0.15) is 11.7 Å². The third kappa shape index (κ3) is 4.65. The molecule has 3 aromatic heterocycles. The molecule has 11 heteroatoms. The number of hydrogen-bond acceptors (Lipinski definition) is 8. The molecule has 0 spiro atoms. The van der Waals surface area contributed by atoms with Crippen molar-refractivity contribution in [1.82, 2.24) is 25.1 Å². The molecule has 2 aliphatic rings. The van der Waals surface area contributed by atoms with Crippen molar-refractivity contribution in [1.29, 1.82) is 0 Å². The van der Waals surface area contributed by atoms with Crippen molar-refractivity contribution in [3.05, 3.63) is 47.9 Å². The SMILES string of the molecule is NC(=O)c1cccnc1O[C@H]1CC[C@H](NC(=O)c2nnn3cc(N4CCOCC4)ccc23)CC1. The van der Waals surface area contributed by atoms with E-state index in [0.29, 0.717) is 24.4 Å². The first-order chi connectivity index (χ1) is 16.6. The molecule has 11 nitrogen and oxygen atoms in total. The van der Waals surface area contributed by atoms with Gasteiger partial charge in [0, 0.05) is 25.3 Å². The molecule has 0 unspecified atom stereocenters. The van der Waals surface area contributed by atoms with Gasteiger partial charge in [0.2, 0.25) is 5.88 Å². The smallest absolute Gasteiger partial charge is 0.274 e. The number of nitrogens with one attached hydrogen (secondary N) is 1. The van der Waals surface area contributed by atoms with E-state index in [1.807, 2.05) is 18.3 Å². The molecule has 5 rings (SSSR count). The molecular formula is C23H27N7O4. The average Bonchev–Trinajstić information content (AvgIpc) is 3.29. The fourth-order valence-electron chi connectivity index (χ4n) is 4.46. The van der Waals surface area contributed by atoms with Crippen molar-refractivity contribution in [3.63, 3.8) is 0 Å². The minimum absolute atomic E-state index is 0.0102. The molecule has 1 aliphatic carbocycles. The summed E-state index contributed by atoms with van der Waals surface area (Å²) in [7, 11) is 0. The van der Waals surface area contributed by atoms with Crippen LogP contribution in [0.2, 0.25) is 0 Å². The fraction of sp³-hybridized carbons (Fsp3) is 0.435. The van der Waals surface area contributed by atoms with Gasteiger partial charge < -0.3 is 25.4 Å². The number of aromatic nitrogens is 4. The number of rotatable bonds is 6. The summed E-state index contributed by atoms with van der Waals surface area (Å²) < 4.78 is 13.0. The number of amides is 2. The maximum Gasteiger partial charge on any atom is 0.274 e. The van der Waals surface area contributed by atoms with Gasteiger partial charge in [-0.05, 0) is 49.9 Å². The molecule has 3 aromatic rings. The number of nitrogens with zero attached hydrogens (tertiary/aromatic N) is 5. The number of carbonyl (C=O) groups is 2. The van der Waals surface area contributed by atoms with E-state index < -0.39 is 5.91 Å². The van der Waals surface area contributed by atoms with Crippen LogP contribution in [-0.4, -0.2) is 70.1 Å². The number of hydrogen-bond donors (Lipinski definition) is 2. The van der Waals surface area contributed by atoms with Crippen LogP contribution in [0.3, 0.4) is 0 Å². The first kappa shape index (κ1) is 22.1. The van der Waals surface area contributed by atoms with Crippen molar-refractivity contribution < 1.29 is 19.1 Å². The Bertz CT molecular complexity index is 1180. The largest absolute Gasteiger partial charge is 0.474 e. The fourth-order valence-corrected chi connectivity index (χ4v) is 4.46. The van der Waals surface area contributed by atoms with E-state index in [0.717, 1.165) is 44.5 Å². The van der Waals surface area contributed by atoms with E-state index in [4.69, 9.17) is 15.2 Å². The molecule has 1 saturated heterocycles. The van der Waals surface area contributed by atoms with E-state index in [1.165, 1.54) is 0 Å². The van der Waals surface area contributed by atoms with Crippen LogP contribution in [0.1, 0.15) is 46.5 Å². The van der Waals surface area contributed by atoms with Gasteiger partial charge in [0.15, 0.2) is 5.69 Å². The van der Waals surface area contributed by atoms with Crippen LogP contribution < -0.4 is 20.7 Å². The molecule has 2 fully saturated rings. The minimum atomic E-state index is -0.568. The van der Waals surface area contributed by atoms with E-state index >= 15 is 0 Å². The van der Waals surface area contributed by atoms with Crippen LogP contribution >= 0.6 is 0 Å². The van der Waals surface area contributed by atoms with Gasteiger partial charge in [0.05, 0.1) is 30.6 Å². The highest BCUT2D eigenvalue weighted by Gasteiger charge is 2.27. The van der Waals surface area contributed by atoms with Crippen LogP contribution in [0.5, 0.6) is 5.88 Å². The molecule has 2 amide bonds. The van der Waals surface area contributed by atoms with E-state index in [2.05, 4.69) is 25.5 Å². The van der Waals surface area contributed by atoms with E-state index in [9.17, 15) is 9.59 Å². The Hall–Kier alpha value is -3.73. The number of fused-ring (bicyclic) bond motifs is 1. The summed E-state index contributed by atoms with van der Waals surface area (Å²) in [5.74, 6) is -0.546. The molecule has 0 radical (unpaired) electrons. The summed E-state index contributed by atoms with van der Waals surface area (Å²) >= 11 is 0. The second-order valence-electron chi connectivity index (χ2n) is 8.54. The van der Waals surface area contributed by atoms with Crippen LogP contribution in [0, 0.1) is 0 Å². The summed E-state index contributed by atoms with van der Waals surface area (Å²) in [5, 5.41) is 11.4. The third-order valence-electron chi connectivity index (χ3n) is 6.31. The van der Waals surface area contributed by atoms with Gasteiger partial charge in [-0.2, -0.15) is 0 Å². The van der Waals surface area contributed by atoms with Gasteiger partial charge in [-0.25, -0.2) is 9.50 Å². The third-order valence-corrected chi connectivity index (χ3v) is 6.31. The predicted molar refractivity (Wildman–Crippen MR) is 123 cm³/mol. The number of primary amides is 1. The Morgan fingerprint density at radius 3 is 2.68 bits per heavy atom. The molecule has 3 N–H and O–H groups in total. The molecule has 0 atom stereocenters. The van der Waals surface area contributed by atoms with Crippen LogP contribution in [0.15, 0.2) is 36.7 Å². The Kier molecular flexibility index (Phi) is 6.26. The zero-order valence-corrected chi connectivity index (χ0v) is 18.7. The van der Waals surface area contributed by atoms with Crippen LogP contribution in [0.4, 0.5) is 5.69 Å². The van der Waals surface area contributed by atoms with Gasteiger partial charge in [-0.3, -0.25) is 9.59 Å². The lowest BCUT2D eigenvalue weighted by Crippen LogP contribution is -2.40. The second-order valence-corrected chi connectivity index (χ2v) is 8.54. The zero-order chi connectivity index (χ0) is 23.5. The highest BCUT2D eigenvalue weighted by atomic mass is 16.5. The molecule has 0 aromatic carbocycles. The predicted octanol–water partition coefficient (Wildman–Crippen LogP) is 1.18. The summed E-state index contributed by atoms with van der Waals surface area (Å²) in [6, 6.07) is 7.13. The second kappa shape index (κ2) is 9.64. The lowest BCUT2D eigenvalue weighted by molar-refractivity contribution is 0.0878. The van der Waals surface area contributed by atoms with Crippen LogP contribution in [0.25, 0.3) is 5.52 Å². The molecule has 178 valence electrons. The standard InChI is InChI=1S/C23H27N7O4/c24-21(31)18-2-1-9-25-23(18)34-17-6-3-15(4-7-17)26-22(32)20-19-8-5-16(14-30(19)28-27-20)29-10-12-33-13-11-29/h1-2,5,8-9,14-15,17H,3-4,6-7,10-13H2,(H2,24,31)(H,26,32)/t15-,17-. The van der Waals surface area contributed by atoms with E-state index in [-0.39, 0.29) is 29.5 Å². The molecular weight excluding hydrogens is 438 g/mol. The molecule has 34 heavy (non-hydrogen) atoms. The lowest BCUT2D eigenvalue weighted by atomic mass is 9.93. The summed E-state index contributed by atoms with van der Waals surface area (Å²) in [4.78, 5) is 30.9. The van der Waals surface area contributed by atoms with E-state index in [1.54, 1.807) is 22.8 Å². The number of nitrogens with two attached hydrogens (primary N) is 1.